The predicted molar refractivity (Wildman–Crippen MR) is 66.8 cm³/mol. The Kier molecular flexibility index (Phi) is 5.25. The molecule has 3 N–H and O–H groups in total. The first-order valence-electron chi connectivity index (χ1n) is 6.29. The smallest absolute Gasteiger partial charge is 0.225 e. The number of carbonyl (C=O) groups is 1. The van der Waals surface area contributed by atoms with Crippen molar-refractivity contribution in [3.05, 3.63) is 0 Å². The third kappa shape index (κ3) is 3.91. The van der Waals surface area contributed by atoms with Crippen LogP contribution in [0.25, 0.3) is 0 Å². The van der Waals surface area contributed by atoms with Gasteiger partial charge in [-0.2, -0.15) is 0 Å². The molecule has 1 aliphatic carbocycles. The lowest BCUT2D eigenvalue weighted by atomic mass is 9.88. The number of amidine groups is 1. The largest absolute Gasteiger partial charge is 0.409 e. The zero-order chi connectivity index (χ0) is 12.8. The fraction of sp³-hybridized carbons (Fsp3) is 0.833. The minimum absolute atomic E-state index is 0.0275. The van der Waals surface area contributed by atoms with Gasteiger partial charge in [0.05, 0.1) is 0 Å². The number of hydrogen-bond donors (Lipinski definition) is 2. The lowest BCUT2D eigenvalue weighted by molar-refractivity contribution is -0.136. The molecule has 1 fully saturated rings. The summed E-state index contributed by atoms with van der Waals surface area (Å²) in [5, 5.41) is 11.5. The van der Waals surface area contributed by atoms with Gasteiger partial charge in [-0.1, -0.05) is 24.4 Å². The fourth-order valence-electron chi connectivity index (χ4n) is 2.34. The maximum absolute atomic E-state index is 12.2. The topological polar surface area (TPSA) is 78.9 Å². The SMILES string of the molecule is CC(CC(N)=NO)N(C)C(=O)C1CCCCC1. The highest BCUT2D eigenvalue weighted by Crippen LogP contribution is 2.25. The Bertz CT molecular complexity index is 285. The van der Waals surface area contributed by atoms with E-state index < -0.39 is 0 Å². The quantitative estimate of drug-likeness (QED) is 0.339. The van der Waals surface area contributed by atoms with E-state index in [9.17, 15) is 4.79 Å². The highest BCUT2D eigenvalue weighted by molar-refractivity contribution is 5.82. The average Bonchev–Trinajstić information content (AvgIpc) is 2.37. The minimum Gasteiger partial charge on any atom is -0.409 e. The van der Waals surface area contributed by atoms with Gasteiger partial charge in [-0.05, 0) is 19.8 Å². The summed E-state index contributed by atoms with van der Waals surface area (Å²) >= 11 is 0. The van der Waals surface area contributed by atoms with E-state index in [-0.39, 0.29) is 23.7 Å². The molecule has 0 saturated heterocycles. The van der Waals surface area contributed by atoms with E-state index in [4.69, 9.17) is 10.9 Å². The van der Waals surface area contributed by atoms with Gasteiger partial charge in [0.15, 0.2) is 0 Å². The van der Waals surface area contributed by atoms with Crippen molar-refractivity contribution in [3.8, 4) is 0 Å². The van der Waals surface area contributed by atoms with E-state index in [1.807, 2.05) is 6.92 Å². The molecule has 1 rings (SSSR count). The number of nitrogens with zero attached hydrogens (tertiary/aromatic N) is 2. The number of oxime groups is 1. The van der Waals surface area contributed by atoms with Gasteiger partial charge in [-0.15, -0.1) is 0 Å². The maximum atomic E-state index is 12.2. The second-order valence-corrected chi connectivity index (χ2v) is 4.93. The van der Waals surface area contributed by atoms with E-state index in [2.05, 4.69) is 5.16 Å². The molecule has 0 aromatic carbocycles. The Labute approximate surface area is 103 Å². The van der Waals surface area contributed by atoms with Crippen molar-refractivity contribution < 1.29 is 10.0 Å². The summed E-state index contributed by atoms with van der Waals surface area (Å²) in [6, 6.07) is -0.0275. The minimum atomic E-state index is -0.0275. The fourth-order valence-corrected chi connectivity index (χ4v) is 2.34. The molecule has 1 unspecified atom stereocenters. The molecule has 1 amide bonds. The summed E-state index contributed by atoms with van der Waals surface area (Å²) in [6.07, 6.45) is 5.95. The molecule has 0 aliphatic heterocycles. The molecule has 1 aliphatic rings. The molecular weight excluding hydrogens is 218 g/mol. The van der Waals surface area contributed by atoms with Gasteiger partial charge in [-0.25, -0.2) is 0 Å². The number of carbonyl (C=O) groups excluding carboxylic acids is 1. The molecule has 0 bridgehead atoms. The molecule has 0 aromatic rings. The van der Waals surface area contributed by atoms with Crippen LogP contribution < -0.4 is 5.73 Å². The number of nitrogens with two attached hydrogens (primary N) is 1. The zero-order valence-electron chi connectivity index (χ0n) is 10.7. The summed E-state index contributed by atoms with van der Waals surface area (Å²) in [6.45, 7) is 1.92. The van der Waals surface area contributed by atoms with Gasteiger partial charge >= 0.3 is 0 Å². The first-order valence-corrected chi connectivity index (χ1v) is 6.29. The summed E-state index contributed by atoms with van der Waals surface area (Å²) in [5.41, 5.74) is 5.45. The monoisotopic (exact) mass is 241 g/mol. The van der Waals surface area contributed by atoms with Crippen LogP contribution in [0.5, 0.6) is 0 Å². The molecule has 98 valence electrons. The van der Waals surface area contributed by atoms with Gasteiger partial charge in [0.2, 0.25) is 5.91 Å². The Hall–Kier alpha value is -1.26. The highest BCUT2D eigenvalue weighted by Gasteiger charge is 2.26. The van der Waals surface area contributed by atoms with Gasteiger partial charge < -0.3 is 15.8 Å². The molecule has 1 saturated carbocycles. The molecular formula is C12H23N3O2. The molecule has 17 heavy (non-hydrogen) atoms. The van der Waals surface area contributed by atoms with Crippen LogP contribution in [0.3, 0.4) is 0 Å². The van der Waals surface area contributed by atoms with Crippen molar-refractivity contribution in [2.75, 3.05) is 7.05 Å². The zero-order valence-corrected chi connectivity index (χ0v) is 10.7. The molecule has 5 nitrogen and oxygen atoms in total. The van der Waals surface area contributed by atoms with E-state index in [1.54, 1.807) is 11.9 Å². The number of amides is 1. The lowest BCUT2D eigenvalue weighted by Crippen LogP contribution is -2.41. The van der Waals surface area contributed by atoms with Crippen LogP contribution >= 0.6 is 0 Å². The van der Waals surface area contributed by atoms with Crippen molar-refractivity contribution in [3.63, 3.8) is 0 Å². The van der Waals surface area contributed by atoms with Crippen LogP contribution in [0, 0.1) is 5.92 Å². The Balaban J connectivity index is 2.49. The van der Waals surface area contributed by atoms with E-state index in [0.29, 0.717) is 6.42 Å². The first kappa shape index (κ1) is 13.8. The van der Waals surface area contributed by atoms with Crippen molar-refractivity contribution in [1.82, 2.24) is 4.90 Å². The van der Waals surface area contributed by atoms with Crippen molar-refractivity contribution in [2.24, 2.45) is 16.8 Å². The van der Waals surface area contributed by atoms with Crippen molar-refractivity contribution in [1.29, 1.82) is 0 Å². The van der Waals surface area contributed by atoms with Crippen molar-refractivity contribution >= 4 is 11.7 Å². The summed E-state index contributed by atoms with van der Waals surface area (Å²) < 4.78 is 0. The Morgan fingerprint density at radius 1 is 1.47 bits per heavy atom. The standard InChI is InChI=1S/C12H23N3O2/c1-9(8-11(13)14-17)15(2)12(16)10-6-4-3-5-7-10/h9-10,17H,3-8H2,1-2H3,(H2,13,14). The second kappa shape index (κ2) is 6.47. The molecule has 0 radical (unpaired) electrons. The summed E-state index contributed by atoms with van der Waals surface area (Å²) in [4.78, 5) is 13.9. The third-order valence-corrected chi connectivity index (χ3v) is 3.60. The van der Waals surface area contributed by atoms with Crippen LogP contribution in [0.1, 0.15) is 45.4 Å². The van der Waals surface area contributed by atoms with E-state index >= 15 is 0 Å². The van der Waals surface area contributed by atoms with Crippen molar-refractivity contribution in [2.45, 2.75) is 51.5 Å². The van der Waals surface area contributed by atoms with Crippen LogP contribution in [0.4, 0.5) is 0 Å². The molecule has 0 aromatic heterocycles. The maximum Gasteiger partial charge on any atom is 0.225 e. The molecule has 0 spiro atoms. The van der Waals surface area contributed by atoms with Crippen LogP contribution in [0.15, 0.2) is 5.16 Å². The summed E-state index contributed by atoms with van der Waals surface area (Å²) in [5.74, 6) is 0.534. The van der Waals surface area contributed by atoms with Gasteiger partial charge in [0.1, 0.15) is 5.84 Å². The predicted octanol–water partition coefficient (Wildman–Crippen LogP) is 1.55. The third-order valence-electron chi connectivity index (χ3n) is 3.60. The van der Waals surface area contributed by atoms with Crippen LogP contribution in [0.2, 0.25) is 0 Å². The molecule has 1 atom stereocenters. The number of hydrogen-bond acceptors (Lipinski definition) is 3. The average molecular weight is 241 g/mol. The van der Waals surface area contributed by atoms with Gasteiger partial charge in [0.25, 0.3) is 0 Å². The van der Waals surface area contributed by atoms with Crippen LogP contribution in [-0.4, -0.2) is 34.9 Å². The first-order chi connectivity index (χ1) is 8.06. The molecule has 5 heteroatoms. The number of rotatable bonds is 4. The molecule has 0 heterocycles. The second-order valence-electron chi connectivity index (χ2n) is 4.93. The Morgan fingerprint density at radius 2 is 2.06 bits per heavy atom. The highest BCUT2D eigenvalue weighted by atomic mass is 16.4. The van der Waals surface area contributed by atoms with E-state index in [0.717, 1.165) is 25.7 Å². The van der Waals surface area contributed by atoms with Gasteiger partial charge in [-0.3, -0.25) is 4.79 Å². The normalized spacial score (nSPS) is 20.0. The Morgan fingerprint density at radius 3 is 2.59 bits per heavy atom. The van der Waals surface area contributed by atoms with Gasteiger partial charge in [0, 0.05) is 25.4 Å². The lowest BCUT2D eigenvalue weighted by Gasteiger charge is -2.30. The van der Waals surface area contributed by atoms with Crippen LogP contribution in [-0.2, 0) is 4.79 Å². The summed E-state index contributed by atoms with van der Waals surface area (Å²) in [7, 11) is 1.80. The van der Waals surface area contributed by atoms with E-state index in [1.165, 1.54) is 6.42 Å².